The van der Waals surface area contributed by atoms with Crippen LogP contribution in [0.15, 0.2) is 0 Å². The first-order chi connectivity index (χ1) is 6.92. The Hall–Kier alpha value is -0.0800. The molecule has 0 spiro atoms. The van der Waals surface area contributed by atoms with Gasteiger partial charge in [-0.1, -0.05) is 0 Å². The van der Waals surface area contributed by atoms with Crippen molar-refractivity contribution >= 4 is 0 Å². The van der Waals surface area contributed by atoms with Gasteiger partial charge in [-0.05, 0) is 69.4 Å². The van der Waals surface area contributed by atoms with Crippen LogP contribution in [0.3, 0.4) is 0 Å². The van der Waals surface area contributed by atoms with E-state index in [1.54, 1.807) is 0 Å². The Kier molecular flexibility index (Phi) is 3.82. The van der Waals surface area contributed by atoms with Gasteiger partial charge in [-0.15, -0.1) is 0 Å². The van der Waals surface area contributed by atoms with Gasteiger partial charge in [-0.25, -0.2) is 0 Å². The standard InChI is InChI=1S/C12H23NO/c14-8-2-4-12(10-5-6-10)11-3-1-7-13-9-11/h10-14H,1-9H2. The minimum absolute atomic E-state index is 0.378. The molecule has 82 valence electrons. The molecule has 1 saturated heterocycles. The lowest BCUT2D eigenvalue weighted by Crippen LogP contribution is -2.35. The zero-order valence-electron chi connectivity index (χ0n) is 9.04. The summed E-state index contributed by atoms with van der Waals surface area (Å²) in [5.74, 6) is 2.82. The number of rotatable bonds is 5. The van der Waals surface area contributed by atoms with Crippen molar-refractivity contribution < 1.29 is 5.11 Å². The fourth-order valence-electron chi connectivity index (χ4n) is 2.95. The molecule has 0 bridgehead atoms. The molecule has 2 unspecified atom stereocenters. The van der Waals surface area contributed by atoms with E-state index in [0.717, 1.165) is 24.2 Å². The zero-order chi connectivity index (χ0) is 9.80. The third-order valence-corrected chi connectivity index (χ3v) is 3.86. The topological polar surface area (TPSA) is 32.3 Å². The van der Waals surface area contributed by atoms with Crippen molar-refractivity contribution in [2.75, 3.05) is 19.7 Å². The van der Waals surface area contributed by atoms with E-state index in [-0.39, 0.29) is 0 Å². The summed E-state index contributed by atoms with van der Waals surface area (Å²) in [6, 6.07) is 0. The van der Waals surface area contributed by atoms with Crippen molar-refractivity contribution in [3.8, 4) is 0 Å². The summed E-state index contributed by atoms with van der Waals surface area (Å²) >= 11 is 0. The molecule has 2 heteroatoms. The molecule has 2 nitrogen and oxygen atoms in total. The van der Waals surface area contributed by atoms with Gasteiger partial charge >= 0.3 is 0 Å². The predicted molar refractivity (Wildman–Crippen MR) is 58.1 cm³/mol. The average Bonchev–Trinajstić information content (AvgIpc) is 3.04. The number of nitrogens with one attached hydrogen (secondary N) is 1. The van der Waals surface area contributed by atoms with Crippen LogP contribution in [0, 0.1) is 17.8 Å². The van der Waals surface area contributed by atoms with Gasteiger partial charge < -0.3 is 10.4 Å². The van der Waals surface area contributed by atoms with Gasteiger partial charge in [0, 0.05) is 6.61 Å². The fraction of sp³-hybridized carbons (Fsp3) is 1.00. The molecule has 0 aromatic rings. The van der Waals surface area contributed by atoms with Crippen molar-refractivity contribution in [3.63, 3.8) is 0 Å². The smallest absolute Gasteiger partial charge is 0.0431 e. The number of hydrogen-bond acceptors (Lipinski definition) is 2. The van der Waals surface area contributed by atoms with Crippen molar-refractivity contribution in [1.82, 2.24) is 5.32 Å². The average molecular weight is 197 g/mol. The lowest BCUT2D eigenvalue weighted by molar-refractivity contribution is 0.200. The van der Waals surface area contributed by atoms with Gasteiger partial charge in [-0.2, -0.15) is 0 Å². The first-order valence-corrected chi connectivity index (χ1v) is 6.23. The highest BCUT2D eigenvalue weighted by Gasteiger charge is 2.36. The Morgan fingerprint density at radius 3 is 2.64 bits per heavy atom. The third-order valence-electron chi connectivity index (χ3n) is 3.86. The quantitative estimate of drug-likeness (QED) is 0.704. The van der Waals surface area contributed by atoms with Gasteiger partial charge in [0.15, 0.2) is 0 Å². The summed E-state index contributed by atoms with van der Waals surface area (Å²) in [6.07, 6.45) is 7.94. The van der Waals surface area contributed by atoms with E-state index >= 15 is 0 Å². The van der Waals surface area contributed by atoms with Gasteiger partial charge in [-0.3, -0.25) is 0 Å². The van der Waals surface area contributed by atoms with Gasteiger partial charge in [0.25, 0.3) is 0 Å². The molecule has 2 N–H and O–H groups in total. The maximum Gasteiger partial charge on any atom is 0.0431 e. The molecule has 2 atom stereocenters. The Morgan fingerprint density at radius 1 is 1.21 bits per heavy atom. The molecule has 2 rings (SSSR count). The second-order valence-corrected chi connectivity index (χ2v) is 4.97. The van der Waals surface area contributed by atoms with Crippen molar-refractivity contribution in [3.05, 3.63) is 0 Å². The maximum absolute atomic E-state index is 8.90. The first kappa shape index (κ1) is 10.4. The molecule has 1 aliphatic heterocycles. The van der Waals surface area contributed by atoms with E-state index in [4.69, 9.17) is 5.11 Å². The van der Waals surface area contributed by atoms with E-state index in [2.05, 4.69) is 5.32 Å². The first-order valence-electron chi connectivity index (χ1n) is 6.23. The molecule has 1 saturated carbocycles. The van der Waals surface area contributed by atoms with E-state index < -0.39 is 0 Å². The summed E-state index contributed by atoms with van der Waals surface area (Å²) in [5.41, 5.74) is 0. The van der Waals surface area contributed by atoms with Crippen LogP contribution in [0.5, 0.6) is 0 Å². The minimum atomic E-state index is 0.378. The number of aliphatic hydroxyl groups excluding tert-OH is 1. The summed E-state index contributed by atoms with van der Waals surface area (Å²) in [5, 5.41) is 12.4. The molecule has 1 heterocycles. The third kappa shape index (κ3) is 2.71. The normalized spacial score (nSPS) is 30.2. The van der Waals surface area contributed by atoms with E-state index in [0.29, 0.717) is 6.61 Å². The van der Waals surface area contributed by atoms with Gasteiger partial charge in [0.2, 0.25) is 0 Å². The lowest BCUT2D eigenvalue weighted by atomic mass is 9.80. The van der Waals surface area contributed by atoms with Gasteiger partial charge in [0.1, 0.15) is 0 Å². The van der Waals surface area contributed by atoms with Crippen LogP contribution >= 0.6 is 0 Å². The Morgan fingerprint density at radius 2 is 2.07 bits per heavy atom. The van der Waals surface area contributed by atoms with Crippen LogP contribution in [0.4, 0.5) is 0 Å². The predicted octanol–water partition coefficient (Wildman–Crippen LogP) is 1.78. The second kappa shape index (κ2) is 5.13. The molecule has 2 aliphatic rings. The summed E-state index contributed by atoms with van der Waals surface area (Å²) < 4.78 is 0. The van der Waals surface area contributed by atoms with Gasteiger partial charge in [0.05, 0.1) is 0 Å². The Balaban J connectivity index is 1.81. The molecule has 0 radical (unpaired) electrons. The Labute approximate surface area is 87.1 Å². The second-order valence-electron chi connectivity index (χ2n) is 4.97. The molecule has 1 aliphatic carbocycles. The molecular formula is C12H23NO. The monoisotopic (exact) mass is 197 g/mol. The van der Waals surface area contributed by atoms with Crippen molar-refractivity contribution in [1.29, 1.82) is 0 Å². The number of piperidine rings is 1. The highest BCUT2D eigenvalue weighted by molar-refractivity contribution is 4.87. The van der Waals surface area contributed by atoms with Crippen LogP contribution in [-0.4, -0.2) is 24.8 Å². The van der Waals surface area contributed by atoms with Crippen LogP contribution in [0.1, 0.15) is 38.5 Å². The van der Waals surface area contributed by atoms with Crippen LogP contribution in [0.25, 0.3) is 0 Å². The van der Waals surface area contributed by atoms with E-state index in [1.807, 2.05) is 0 Å². The fourth-order valence-corrected chi connectivity index (χ4v) is 2.95. The molecule has 0 aromatic heterocycles. The summed E-state index contributed by atoms with van der Waals surface area (Å²) in [6.45, 7) is 2.82. The van der Waals surface area contributed by atoms with E-state index in [9.17, 15) is 0 Å². The SMILES string of the molecule is OCCCC(C1CC1)C1CCCNC1. The van der Waals surface area contributed by atoms with Crippen LogP contribution in [-0.2, 0) is 0 Å². The number of hydrogen-bond donors (Lipinski definition) is 2. The van der Waals surface area contributed by atoms with Crippen molar-refractivity contribution in [2.45, 2.75) is 38.5 Å². The maximum atomic E-state index is 8.90. The minimum Gasteiger partial charge on any atom is -0.396 e. The van der Waals surface area contributed by atoms with Crippen molar-refractivity contribution in [2.24, 2.45) is 17.8 Å². The van der Waals surface area contributed by atoms with E-state index in [1.165, 1.54) is 45.2 Å². The Bertz CT molecular complexity index is 162. The molecule has 0 amide bonds. The molecular weight excluding hydrogens is 174 g/mol. The molecule has 0 aromatic carbocycles. The molecule has 14 heavy (non-hydrogen) atoms. The van der Waals surface area contributed by atoms with Crippen LogP contribution in [0.2, 0.25) is 0 Å². The zero-order valence-corrected chi connectivity index (χ0v) is 9.04. The number of aliphatic hydroxyl groups is 1. The molecule has 2 fully saturated rings. The summed E-state index contributed by atoms with van der Waals surface area (Å²) in [7, 11) is 0. The highest BCUT2D eigenvalue weighted by Crippen LogP contribution is 2.44. The summed E-state index contributed by atoms with van der Waals surface area (Å²) in [4.78, 5) is 0. The highest BCUT2D eigenvalue weighted by atomic mass is 16.2. The van der Waals surface area contributed by atoms with Crippen LogP contribution < -0.4 is 5.32 Å². The largest absolute Gasteiger partial charge is 0.396 e. The lowest BCUT2D eigenvalue weighted by Gasteiger charge is -2.31.